The maximum Gasteiger partial charge on any atom is 0.373 e. The Hall–Kier alpha value is -3.80. The lowest BCUT2D eigenvalue weighted by Gasteiger charge is -2.12. The second-order valence-corrected chi connectivity index (χ2v) is 7.21. The summed E-state index contributed by atoms with van der Waals surface area (Å²) in [4.78, 5) is 48.2. The van der Waals surface area contributed by atoms with Crippen molar-refractivity contribution in [2.24, 2.45) is 0 Å². The fraction of sp³-hybridized carbons (Fsp3) is 0.200. The van der Waals surface area contributed by atoms with Gasteiger partial charge < -0.3 is 29.1 Å². The molecule has 0 aliphatic carbocycles. The molecule has 2 aromatic rings. The Morgan fingerprint density at radius 1 is 1.25 bits per heavy atom. The van der Waals surface area contributed by atoms with E-state index in [4.69, 9.17) is 19.0 Å². The molecule has 0 saturated carbocycles. The third-order valence-electron chi connectivity index (χ3n) is 4.23. The number of methoxy groups -OCH3 is 2. The van der Waals surface area contributed by atoms with Crippen LogP contribution >= 0.6 is 15.9 Å². The minimum absolute atomic E-state index is 0.00269. The van der Waals surface area contributed by atoms with Crippen molar-refractivity contribution in [1.29, 1.82) is 0 Å². The molecule has 1 aliphatic rings. The van der Waals surface area contributed by atoms with Crippen LogP contribution in [0.15, 0.2) is 38.9 Å². The molecule has 12 heteroatoms. The van der Waals surface area contributed by atoms with Gasteiger partial charge in [0.15, 0.2) is 18.1 Å². The van der Waals surface area contributed by atoms with Gasteiger partial charge in [-0.3, -0.25) is 9.69 Å². The van der Waals surface area contributed by atoms with E-state index in [0.29, 0.717) is 10.0 Å². The van der Waals surface area contributed by atoms with E-state index >= 15 is 0 Å². The van der Waals surface area contributed by atoms with Crippen molar-refractivity contribution in [3.05, 3.63) is 51.5 Å². The van der Waals surface area contributed by atoms with E-state index in [0.717, 1.165) is 4.90 Å². The number of amides is 3. The van der Waals surface area contributed by atoms with Crippen molar-refractivity contribution in [2.75, 3.05) is 20.8 Å². The average molecular weight is 509 g/mol. The Bertz CT molecular complexity index is 1120. The van der Waals surface area contributed by atoms with Crippen LogP contribution in [0.5, 0.6) is 11.5 Å². The van der Waals surface area contributed by atoms with Gasteiger partial charge in [-0.2, -0.15) is 0 Å². The quantitative estimate of drug-likeness (QED) is 0.311. The summed E-state index contributed by atoms with van der Waals surface area (Å²) in [5.41, 5.74) is 0.482. The number of imide groups is 1. The van der Waals surface area contributed by atoms with Crippen molar-refractivity contribution in [3.63, 3.8) is 0 Å². The number of benzene rings is 1. The molecule has 0 radical (unpaired) electrons. The maximum absolute atomic E-state index is 12.7. The van der Waals surface area contributed by atoms with E-state index < -0.39 is 30.5 Å². The second-order valence-electron chi connectivity index (χ2n) is 6.35. The van der Waals surface area contributed by atoms with Gasteiger partial charge in [-0.15, -0.1) is 0 Å². The number of carbonyl (C=O) groups excluding carboxylic acids is 3. The van der Waals surface area contributed by atoms with Crippen LogP contribution in [-0.4, -0.2) is 54.7 Å². The highest BCUT2D eigenvalue weighted by molar-refractivity contribution is 9.10. The summed E-state index contributed by atoms with van der Waals surface area (Å²) in [5.74, 6) is -1.85. The molecular weight excluding hydrogens is 492 g/mol. The molecule has 11 nitrogen and oxygen atoms in total. The first kappa shape index (κ1) is 22.9. The largest absolute Gasteiger partial charge is 0.493 e. The molecule has 0 atom stereocenters. The Morgan fingerprint density at radius 3 is 2.66 bits per heavy atom. The third-order valence-corrected chi connectivity index (χ3v) is 4.82. The zero-order chi connectivity index (χ0) is 23.4. The number of rotatable bonds is 8. The van der Waals surface area contributed by atoms with Gasteiger partial charge >= 0.3 is 18.0 Å². The predicted molar refractivity (Wildman–Crippen MR) is 111 cm³/mol. The van der Waals surface area contributed by atoms with Crippen LogP contribution in [-0.2, 0) is 20.9 Å². The topological polar surface area (TPSA) is 145 Å². The third kappa shape index (κ3) is 4.91. The SMILES string of the molecule is COC(=O)c1ccc(CN2C(=O)N/C(=C\c3cc(Br)c(OCC(=O)O)c(OC)c3)C2=O)o1. The lowest BCUT2D eigenvalue weighted by atomic mass is 10.1. The van der Waals surface area contributed by atoms with Gasteiger partial charge in [0, 0.05) is 0 Å². The first-order valence-electron chi connectivity index (χ1n) is 8.97. The standard InChI is InChI=1S/C20H17BrN2O9/c1-29-15-7-10(5-12(21)17(15)31-9-16(24)25)6-13-18(26)23(20(28)22-13)8-11-3-4-14(32-11)19(27)30-2/h3-7H,8-9H2,1-2H3,(H,22,28)(H,24,25)/b13-6-. The minimum atomic E-state index is -1.15. The molecule has 32 heavy (non-hydrogen) atoms. The van der Waals surface area contributed by atoms with E-state index in [-0.39, 0.29) is 35.3 Å². The van der Waals surface area contributed by atoms with Crippen molar-refractivity contribution in [1.82, 2.24) is 10.2 Å². The van der Waals surface area contributed by atoms with E-state index in [2.05, 4.69) is 26.0 Å². The number of urea groups is 1. The summed E-state index contributed by atoms with van der Waals surface area (Å²) < 4.78 is 20.7. The first-order chi connectivity index (χ1) is 15.2. The number of carboxylic acid groups (broad SMARTS) is 1. The van der Waals surface area contributed by atoms with E-state index in [1.54, 1.807) is 6.07 Å². The van der Waals surface area contributed by atoms with Gasteiger partial charge in [-0.1, -0.05) is 0 Å². The van der Waals surface area contributed by atoms with Gasteiger partial charge in [0.25, 0.3) is 5.91 Å². The number of aliphatic carboxylic acids is 1. The molecule has 0 bridgehead atoms. The lowest BCUT2D eigenvalue weighted by molar-refractivity contribution is -0.139. The molecule has 1 fully saturated rings. The fourth-order valence-electron chi connectivity index (χ4n) is 2.81. The fourth-order valence-corrected chi connectivity index (χ4v) is 3.38. The summed E-state index contributed by atoms with van der Waals surface area (Å²) in [5, 5.41) is 11.3. The number of carbonyl (C=O) groups is 4. The molecule has 0 unspecified atom stereocenters. The Kier molecular flexibility index (Phi) is 6.83. The number of hydrogen-bond donors (Lipinski definition) is 2. The molecule has 3 rings (SSSR count). The number of halogens is 1. The Balaban J connectivity index is 1.80. The molecular formula is C20H17BrN2O9. The van der Waals surface area contributed by atoms with Gasteiger partial charge in [0.2, 0.25) is 5.76 Å². The normalized spacial score (nSPS) is 14.5. The zero-order valence-corrected chi connectivity index (χ0v) is 18.4. The van der Waals surface area contributed by atoms with Crippen LogP contribution in [0.1, 0.15) is 21.9 Å². The van der Waals surface area contributed by atoms with Crippen LogP contribution in [0.2, 0.25) is 0 Å². The Labute approximate surface area is 189 Å². The number of furan rings is 1. The number of hydrogen-bond acceptors (Lipinski definition) is 8. The first-order valence-corrected chi connectivity index (χ1v) is 9.76. The predicted octanol–water partition coefficient (Wildman–Crippen LogP) is 2.39. The summed E-state index contributed by atoms with van der Waals surface area (Å²) in [6, 6.07) is 5.28. The highest BCUT2D eigenvalue weighted by Gasteiger charge is 2.34. The van der Waals surface area contributed by atoms with E-state index in [1.165, 1.54) is 38.5 Å². The second kappa shape index (κ2) is 9.56. The molecule has 3 amide bonds. The lowest BCUT2D eigenvalue weighted by Crippen LogP contribution is -2.30. The monoisotopic (exact) mass is 508 g/mol. The van der Waals surface area contributed by atoms with Gasteiger partial charge in [0.05, 0.1) is 25.2 Å². The van der Waals surface area contributed by atoms with Crippen LogP contribution in [0.3, 0.4) is 0 Å². The summed E-state index contributed by atoms with van der Waals surface area (Å²) in [7, 11) is 2.58. The number of ether oxygens (including phenoxy) is 3. The molecule has 168 valence electrons. The van der Waals surface area contributed by atoms with Crippen LogP contribution in [0.25, 0.3) is 6.08 Å². The van der Waals surface area contributed by atoms with E-state index in [9.17, 15) is 19.2 Å². The highest BCUT2D eigenvalue weighted by atomic mass is 79.9. The zero-order valence-electron chi connectivity index (χ0n) is 16.8. The number of nitrogens with one attached hydrogen (secondary N) is 1. The number of nitrogens with zero attached hydrogens (tertiary/aromatic N) is 1. The highest BCUT2D eigenvalue weighted by Crippen LogP contribution is 2.37. The molecule has 1 aromatic carbocycles. The van der Waals surface area contributed by atoms with Crippen LogP contribution in [0.4, 0.5) is 4.79 Å². The van der Waals surface area contributed by atoms with Gasteiger partial charge in [-0.25, -0.2) is 14.4 Å². The molecule has 1 saturated heterocycles. The minimum Gasteiger partial charge on any atom is -0.493 e. The van der Waals surface area contributed by atoms with Crippen molar-refractivity contribution < 1.29 is 42.9 Å². The molecule has 2 heterocycles. The number of carboxylic acids is 1. The van der Waals surface area contributed by atoms with Crippen LogP contribution in [0, 0.1) is 0 Å². The smallest absolute Gasteiger partial charge is 0.373 e. The maximum atomic E-state index is 12.7. The molecule has 0 spiro atoms. The average Bonchev–Trinajstić information content (AvgIpc) is 3.32. The molecule has 1 aromatic heterocycles. The summed E-state index contributed by atoms with van der Waals surface area (Å²) in [6.45, 7) is -0.753. The van der Waals surface area contributed by atoms with Gasteiger partial charge in [-0.05, 0) is 51.8 Å². The van der Waals surface area contributed by atoms with E-state index in [1.807, 2.05) is 0 Å². The summed E-state index contributed by atoms with van der Waals surface area (Å²) >= 11 is 3.28. The van der Waals surface area contributed by atoms with Crippen LogP contribution < -0.4 is 14.8 Å². The van der Waals surface area contributed by atoms with Crippen molar-refractivity contribution in [2.45, 2.75) is 6.54 Å². The van der Waals surface area contributed by atoms with Gasteiger partial charge in [0.1, 0.15) is 11.5 Å². The molecule has 2 N–H and O–H groups in total. The Morgan fingerprint density at radius 2 is 2.00 bits per heavy atom. The summed E-state index contributed by atoms with van der Waals surface area (Å²) in [6.07, 6.45) is 1.43. The molecule has 1 aliphatic heterocycles. The van der Waals surface area contributed by atoms with Crippen molar-refractivity contribution in [3.8, 4) is 11.5 Å². The number of esters is 1. The van der Waals surface area contributed by atoms with Crippen molar-refractivity contribution >= 4 is 45.9 Å².